The maximum absolute atomic E-state index is 13.2. The number of hydrogen-bond acceptors (Lipinski definition) is 6. The van der Waals surface area contributed by atoms with Gasteiger partial charge in [0.2, 0.25) is 5.91 Å². The zero-order chi connectivity index (χ0) is 24.8. The lowest BCUT2D eigenvalue weighted by molar-refractivity contribution is -0.137. The minimum Gasteiger partial charge on any atom is -0.459 e. The van der Waals surface area contributed by atoms with Crippen LogP contribution in [0.5, 0.6) is 0 Å². The van der Waals surface area contributed by atoms with Gasteiger partial charge in [0.1, 0.15) is 0 Å². The van der Waals surface area contributed by atoms with Crippen molar-refractivity contribution in [1.82, 2.24) is 20.1 Å². The number of amides is 2. The SMILES string of the molecule is O=C(CSc1nnc(CNC(=O)c2ccco2)n1-c1ccccc1)Nc1ccccc1C(F)(F)F. The molecule has 12 heteroatoms. The molecule has 4 aromatic rings. The number of benzene rings is 2. The predicted octanol–water partition coefficient (Wildman–Crippen LogP) is 4.54. The van der Waals surface area contributed by atoms with Crippen molar-refractivity contribution in [3.63, 3.8) is 0 Å². The highest BCUT2D eigenvalue weighted by atomic mass is 32.2. The van der Waals surface area contributed by atoms with Crippen LogP contribution in [-0.2, 0) is 17.5 Å². The lowest BCUT2D eigenvalue weighted by Gasteiger charge is -2.13. The van der Waals surface area contributed by atoms with Crippen molar-refractivity contribution in [2.24, 2.45) is 0 Å². The van der Waals surface area contributed by atoms with Gasteiger partial charge in [-0.1, -0.05) is 42.1 Å². The summed E-state index contributed by atoms with van der Waals surface area (Å²) < 4.78 is 46.3. The van der Waals surface area contributed by atoms with Crippen molar-refractivity contribution >= 4 is 29.3 Å². The van der Waals surface area contributed by atoms with Crippen molar-refractivity contribution in [2.75, 3.05) is 11.1 Å². The number of para-hydroxylation sites is 2. The number of anilines is 1. The molecule has 0 radical (unpaired) electrons. The van der Waals surface area contributed by atoms with Crippen LogP contribution in [0.2, 0.25) is 0 Å². The Morgan fingerprint density at radius 3 is 2.43 bits per heavy atom. The second kappa shape index (κ2) is 10.5. The summed E-state index contributed by atoms with van der Waals surface area (Å²) in [5.41, 5.74) is -0.568. The van der Waals surface area contributed by atoms with Gasteiger partial charge in [0, 0.05) is 5.69 Å². The van der Waals surface area contributed by atoms with Crippen molar-refractivity contribution in [2.45, 2.75) is 17.9 Å². The Labute approximate surface area is 201 Å². The molecule has 0 fully saturated rings. The third kappa shape index (κ3) is 5.90. The van der Waals surface area contributed by atoms with Crippen molar-refractivity contribution in [1.29, 1.82) is 0 Å². The van der Waals surface area contributed by atoms with Crippen molar-refractivity contribution in [3.8, 4) is 5.69 Å². The van der Waals surface area contributed by atoms with E-state index in [-0.39, 0.29) is 23.7 Å². The van der Waals surface area contributed by atoms with Crippen LogP contribution in [-0.4, -0.2) is 32.3 Å². The van der Waals surface area contributed by atoms with E-state index in [1.165, 1.54) is 30.5 Å². The van der Waals surface area contributed by atoms with E-state index in [0.29, 0.717) is 16.7 Å². The smallest absolute Gasteiger partial charge is 0.418 e. The average molecular weight is 501 g/mol. The molecule has 0 saturated heterocycles. The Kier molecular flexibility index (Phi) is 7.20. The molecule has 35 heavy (non-hydrogen) atoms. The minimum absolute atomic E-state index is 0.0210. The number of nitrogens with zero attached hydrogens (tertiary/aromatic N) is 3. The van der Waals surface area contributed by atoms with Gasteiger partial charge in [-0.15, -0.1) is 10.2 Å². The predicted molar refractivity (Wildman–Crippen MR) is 122 cm³/mol. The van der Waals surface area contributed by atoms with E-state index in [9.17, 15) is 22.8 Å². The molecule has 0 aliphatic heterocycles. The fraction of sp³-hybridized carbons (Fsp3) is 0.130. The zero-order valence-corrected chi connectivity index (χ0v) is 18.8. The highest BCUT2D eigenvalue weighted by Gasteiger charge is 2.33. The maximum Gasteiger partial charge on any atom is 0.418 e. The number of halogens is 3. The van der Waals surface area contributed by atoms with E-state index in [1.54, 1.807) is 34.9 Å². The Morgan fingerprint density at radius 1 is 0.971 bits per heavy atom. The van der Waals surface area contributed by atoms with Gasteiger partial charge in [-0.2, -0.15) is 13.2 Å². The molecule has 0 aliphatic rings. The molecule has 4 rings (SSSR count). The molecule has 2 aromatic carbocycles. The van der Waals surface area contributed by atoms with Crippen LogP contribution < -0.4 is 10.6 Å². The first-order chi connectivity index (χ1) is 16.8. The van der Waals surface area contributed by atoms with Gasteiger partial charge in [-0.05, 0) is 36.4 Å². The molecule has 0 bridgehead atoms. The first-order valence-electron chi connectivity index (χ1n) is 10.2. The van der Waals surface area contributed by atoms with Crippen LogP contribution in [0, 0.1) is 0 Å². The van der Waals surface area contributed by atoms with Crippen LogP contribution in [0.15, 0.2) is 82.6 Å². The molecule has 0 aliphatic carbocycles. The molecule has 8 nitrogen and oxygen atoms in total. The fourth-order valence-electron chi connectivity index (χ4n) is 3.15. The molecule has 0 spiro atoms. The van der Waals surface area contributed by atoms with Gasteiger partial charge in [-0.25, -0.2) is 0 Å². The molecular weight excluding hydrogens is 483 g/mol. The standard InChI is InChI=1S/C23H18F3N5O3S/c24-23(25,26)16-9-4-5-10-17(16)28-20(32)14-35-22-30-29-19(31(22)15-7-2-1-3-8-15)13-27-21(33)18-11-6-12-34-18/h1-12H,13-14H2,(H,27,33)(H,28,32). The largest absolute Gasteiger partial charge is 0.459 e. The van der Waals surface area contributed by atoms with Crippen LogP contribution >= 0.6 is 11.8 Å². The van der Waals surface area contributed by atoms with Crippen molar-refractivity contribution in [3.05, 3.63) is 90.1 Å². The Bertz CT molecular complexity index is 1310. The Morgan fingerprint density at radius 2 is 1.71 bits per heavy atom. The van der Waals surface area contributed by atoms with Crippen LogP contribution in [0.25, 0.3) is 5.69 Å². The highest BCUT2D eigenvalue weighted by molar-refractivity contribution is 7.99. The quantitative estimate of drug-likeness (QED) is 0.344. The Balaban J connectivity index is 1.49. The molecule has 2 heterocycles. The maximum atomic E-state index is 13.2. The fourth-order valence-corrected chi connectivity index (χ4v) is 3.93. The van der Waals surface area contributed by atoms with Crippen LogP contribution in [0.1, 0.15) is 21.9 Å². The zero-order valence-electron chi connectivity index (χ0n) is 18.0. The minimum atomic E-state index is -4.60. The summed E-state index contributed by atoms with van der Waals surface area (Å²) in [5, 5.41) is 13.6. The van der Waals surface area contributed by atoms with E-state index >= 15 is 0 Å². The number of rotatable bonds is 8. The summed E-state index contributed by atoms with van der Waals surface area (Å²) in [6.45, 7) is 0.0210. The van der Waals surface area contributed by atoms with Gasteiger partial charge >= 0.3 is 6.18 Å². The van der Waals surface area contributed by atoms with Gasteiger partial charge in [0.15, 0.2) is 16.7 Å². The van der Waals surface area contributed by atoms with Crippen molar-refractivity contribution < 1.29 is 27.2 Å². The molecule has 2 N–H and O–H groups in total. The second-order valence-electron chi connectivity index (χ2n) is 7.11. The van der Waals surface area contributed by atoms with Crippen LogP contribution in [0.3, 0.4) is 0 Å². The van der Waals surface area contributed by atoms with E-state index < -0.39 is 23.6 Å². The first-order valence-corrected chi connectivity index (χ1v) is 11.2. The first kappa shape index (κ1) is 24.1. The van der Waals surface area contributed by atoms with E-state index in [2.05, 4.69) is 20.8 Å². The summed E-state index contributed by atoms with van der Waals surface area (Å²) >= 11 is 1.00. The topological polar surface area (TPSA) is 102 Å². The number of carbonyl (C=O) groups excluding carboxylic acids is 2. The number of alkyl halides is 3. The number of furan rings is 1. The molecule has 2 amide bonds. The average Bonchev–Trinajstić information content (AvgIpc) is 3.52. The Hall–Kier alpha value is -4.06. The highest BCUT2D eigenvalue weighted by Crippen LogP contribution is 2.34. The number of hydrogen-bond donors (Lipinski definition) is 2. The van der Waals surface area contributed by atoms with Gasteiger partial charge in [-0.3, -0.25) is 14.2 Å². The molecule has 2 aromatic heterocycles. The summed E-state index contributed by atoms with van der Waals surface area (Å²) in [4.78, 5) is 24.7. The lowest BCUT2D eigenvalue weighted by atomic mass is 10.1. The van der Waals surface area contributed by atoms with Crippen LogP contribution in [0.4, 0.5) is 18.9 Å². The third-order valence-electron chi connectivity index (χ3n) is 4.71. The monoisotopic (exact) mass is 501 g/mol. The molecule has 0 atom stereocenters. The second-order valence-corrected chi connectivity index (χ2v) is 8.05. The summed E-state index contributed by atoms with van der Waals surface area (Å²) in [7, 11) is 0. The third-order valence-corrected chi connectivity index (χ3v) is 5.63. The van der Waals surface area contributed by atoms with Gasteiger partial charge in [0.25, 0.3) is 5.91 Å². The number of nitrogens with one attached hydrogen (secondary N) is 2. The summed E-state index contributed by atoms with van der Waals surface area (Å²) in [5.74, 6) is -0.755. The molecule has 0 saturated carbocycles. The van der Waals surface area contributed by atoms with Gasteiger partial charge < -0.3 is 15.1 Å². The van der Waals surface area contributed by atoms with Gasteiger partial charge in [0.05, 0.1) is 29.8 Å². The molecule has 0 unspecified atom stereocenters. The number of thioether (sulfide) groups is 1. The van der Waals surface area contributed by atoms with E-state index in [1.807, 2.05) is 6.07 Å². The van der Waals surface area contributed by atoms with E-state index in [0.717, 1.165) is 17.8 Å². The number of aromatic nitrogens is 3. The molecular formula is C23H18F3N5O3S. The normalized spacial score (nSPS) is 11.3. The lowest BCUT2D eigenvalue weighted by Crippen LogP contribution is -2.24. The summed E-state index contributed by atoms with van der Waals surface area (Å²) in [6.07, 6.45) is -3.21. The number of carbonyl (C=O) groups is 2. The van der Waals surface area contributed by atoms with E-state index in [4.69, 9.17) is 4.42 Å². The summed E-state index contributed by atoms with van der Waals surface area (Å²) in [6, 6.07) is 16.9. The molecule has 180 valence electrons.